The number of carbonyl (C=O) groups is 2. The summed E-state index contributed by atoms with van der Waals surface area (Å²) in [6, 6.07) is 10.3. The highest BCUT2D eigenvalue weighted by Gasteiger charge is 2.31. The van der Waals surface area contributed by atoms with Crippen molar-refractivity contribution in [1.29, 1.82) is 0 Å². The molecule has 1 aliphatic rings. The number of carbonyl (C=O) groups excluding carboxylic acids is 2. The number of alkyl halides is 3. The van der Waals surface area contributed by atoms with E-state index >= 15 is 0 Å². The molecule has 1 amide bonds. The first-order valence-corrected chi connectivity index (χ1v) is 12.1. The quantitative estimate of drug-likeness (QED) is 0.390. The van der Waals surface area contributed by atoms with Crippen LogP contribution in [-0.4, -0.2) is 53.5 Å². The standard InChI is InChI=1S/C26H29F3N4O4/c1-16(14-26(27,28)29)31-18-13-19-21(32-24(34)20-9-6-12-37-20)22(25(35)36-2)33(23(19)30-15-18)11-10-17-7-4-3-5-8-17/h3-5,7-8,13,15-16,20,31H,6,9-12,14H2,1-2H3,(H,32,34). The number of fused-ring (bicyclic) bond motifs is 1. The molecule has 1 aliphatic heterocycles. The Morgan fingerprint density at radius 1 is 1.27 bits per heavy atom. The Labute approximate surface area is 212 Å². The lowest BCUT2D eigenvalue weighted by atomic mass is 10.1. The second kappa shape index (κ2) is 11.2. The third-order valence-corrected chi connectivity index (χ3v) is 6.17. The van der Waals surface area contributed by atoms with Gasteiger partial charge in [-0.05, 0) is 37.8 Å². The fourth-order valence-corrected chi connectivity index (χ4v) is 4.51. The molecule has 198 valence electrons. The number of aromatic nitrogens is 2. The van der Waals surface area contributed by atoms with Crippen LogP contribution in [-0.2, 0) is 27.2 Å². The number of rotatable bonds is 9. The molecule has 2 N–H and O–H groups in total. The van der Waals surface area contributed by atoms with Crippen molar-refractivity contribution < 1.29 is 32.2 Å². The van der Waals surface area contributed by atoms with E-state index in [1.807, 2.05) is 30.3 Å². The highest BCUT2D eigenvalue weighted by atomic mass is 19.4. The van der Waals surface area contributed by atoms with Crippen molar-refractivity contribution in [3.8, 4) is 0 Å². The van der Waals surface area contributed by atoms with Crippen LogP contribution in [0.25, 0.3) is 11.0 Å². The van der Waals surface area contributed by atoms with Gasteiger partial charge in [0.1, 0.15) is 11.8 Å². The van der Waals surface area contributed by atoms with Crippen molar-refractivity contribution in [1.82, 2.24) is 9.55 Å². The summed E-state index contributed by atoms with van der Waals surface area (Å²) in [5.74, 6) is -1.08. The van der Waals surface area contributed by atoms with Gasteiger partial charge in [-0.15, -0.1) is 0 Å². The first kappa shape index (κ1) is 26.5. The van der Waals surface area contributed by atoms with E-state index in [-0.39, 0.29) is 11.4 Å². The summed E-state index contributed by atoms with van der Waals surface area (Å²) in [5.41, 5.74) is 2.05. The van der Waals surface area contributed by atoms with E-state index in [2.05, 4.69) is 15.6 Å². The van der Waals surface area contributed by atoms with E-state index in [1.54, 1.807) is 10.6 Å². The van der Waals surface area contributed by atoms with Crippen LogP contribution in [0, 0.1) is 0 Å². The summed E-state index contributed by atoms with van der Waals surface area (Å²) in [7, 11) is 1.24. The number of benzene rings is 1. The van der Waals surface area contributed by atoms with Crippen molar-refractivity contribution in [2.75, 3.05) is 24.4 Å². The summed E-state index contributed by atoms with van der Waals surface area (Å²) in [6.07, 6.45) is -2.74. The van der Waals surface area contributed by atoms with Crippen LogP contribution >= 0.6 is 0 Å². The van der Waals surface area contributed by atoms with E-state index in [0.717, 1.165) is 12.0 Å². The number of pyridine rings is 1. The van der Waals surface area contributed by atoms with Crippen molar-refractivity contribution in [3.05, 3.63) is 53.9 Å². The van der Waals surface area contributed by atoms with E-state index < -0.39 is 36.6 Å². The average molecular weight is 519 g/mol. The maximum Gasteiger partial charge on any atom is 0.391 e. The molecule has 0 radical (unpaired) electrons. The number of halogens is 3. The molecule has 37 heavy (non-hydrogen) atoms. The molecule has 1 saturated heterocycles. The molecule has 8 nitrogen and oxygen atoms in total. The van der Waals surface area contributed by atoms with Gasteiger partial charge in [0.05, 0.1) is 31.1 Å². The predicted octanol–water partition coefficient (Wildman–Crippen LogP) is 4.94. The van der Waals surface area contributed by atoms with Gasteiger partial charge in [-0.2, -0.15) is 13.2 Å². The van der Waals surface area contributed by atoms with Gasteiger partial charge in [-0.3, -0.25) is 4.79 Å². The molecule has 2 atom stereocenters. The molecule has 3 aromatic rings. The summed E-state index contributed by atoms with van der Waals surface area (Å²) in [5, 5.41) is 6.03. The maximum absolute atomic E-state index is 13.0. The van der Waals surface area contributed by atoms with Crippen molar-refractivity contribution in [2.45, 2.75) is 57.5 Å². The summed E-state index contributed by atoms with van der Waals surface area (Å²) < 4.78 is 50.8. The number of nitrogens with one attached hydrogen (secondary N) is 2. The first-order valence-electron chi connectivity index (χ1n) is 12.1. The topological polar surface area (TPSA) is 94.5 Å². The second-order valence-corrected chi connectivity index (χ2v) is 9.05. The van der Waals surface area contributed by atoms with Crippen LogP contribution in [0.1, 0.15) is 42.2 Å². The Bertz CT molecular complexity index is 1250. The van der Waals surface area contributed by atoms with E-state index in [9.17, 15) is 22.8 Å². The Morgan fingerprint density at radius 2 is 2.03 bits per heavy atom. The monoisotopic (exact) mass is 518 g/mol. The third kappa shape index (κ3) is 6.40. The third-order valence-electron chi connectivity index (χ3n) is 6.17. The fraction of sp³-hybridized carbons (Fsp3) is 0.423. The summed E-state index contributed by atoms with van der Waals surface area (Å²) in [4.78, 5) is 30.4. The van der Waals surface area contributed by atoms with E-state index in [1.165, 1.54) is 20.2 Å². The molecule has 0 aliphatic carbocycles. The lowest BCUT2D eigenvalue weighted by Crippen LogP contribution is -2.28. The number of esters is 1. The van der Waals surface area contributed by atoms with E-state index in [0.29, 0.717) is 42.7 Å². The molecule has 3 heterocycles. The lowest BCUT2D eigenvalue weighted by Gasteiger charge is -2.17. The number of nitrogens with zero attached hydrogens (tertiary/aromatic N) is 2. The highest BCUT2D eigenvalue weighted by molar-refractivity contribution is 6.12. The average Bonchev–Trinajstić information content (AvgIpc) is 3.49. The maximum atomic E-state index is 13.0. The number of aryl methyl sites for hydroxylation is 2. The Kier molecular flexibility index (Phi) is 8.01. The number of hydrogen-bond acceptors (Lipinski definition) is 6. The zero-order valence-electron chi connectivity index (χ0n) is 20.6. The van der Waals surface area contributed by atoms with Gasteiger partial charge in [0.15, 0.2) is 5.69 Å². The number of ether oxygens (including phenoxy) is 2. The van der Waals surface area contributed by atoms with Gasteiger partial charge in [0, 0.05) is 24.6 Å². The first-order chi connectivity index (χ1) is 17.7. The molecule has 2 unspecified atom stereocenters. The molecule has 11 heteroatoms. The minimum atomic E-state index is -4.33. The van der Waals surface area contributed by atoms with Gasteiger partial charge >= 0.3 is 12.1 Å². The SMILES string of the molecule is COC(=O)c1c(NC(=O)C2CCCO2)c2cc(NC(C)CC(F)(F)F)cnc2n1CCc1ccccc1. The minimum Gasteiger partial charge on any atom is -0.464 e. The molecule has 0 spiro atoms. The van der Waals surface area contributed by atoms with Crippen LogP contribution in [0.4, 0.5) is 24.5 Å². The molecule has 1 aromatic carbocycles. The van der Waals surface area contributed by atoms with E-state index in [4.69, 9.17) is 9.47 Å². The van der Waals surface area contributed by atoms with Crippen LogP contribution in [0.5, 0.6) is 0 Å². The largest absolute Gasteiger partial charge is 0.464 e. The number of amides is 1. The van der Waals surface area contributed by atoms with Crippen LogP contribution in [0.3, 0.4) is 0 Å². The van der Waals surface area contributed by atoms with Gasteiger partial charge in [-0.1, -0.05) is 30.3 Å². The number of methoxy groups -OCH3 is 1. The zero-order chi connectivity index (χ0) is 26.6. The molecular formula is C26H29F3N4O4. The minimum absolute atomic E-state index is 0.104. The number of anilines is 2. The predicted molar refractivity (Wildman–Crippen MR) is 133 cm³/mol. The van der Waals surface area contributed by atoms with Crippen molar-refractivity contribution in [3.63, 3.8) is 0 Å². The molecule has 0 bridgehead atoms. The van der Waals surface area contributed by atoms with Gasteiger partial charge in [-0.25, -0.2) is 9.78 Å². The highest BCUT2D eigenvalue weighted by Crippen LogP contribution is 2.34. The van der Waals surface area contributed by atoms with Crippen molar-refractivity contribution >= 4 is 34.3 Å². The van der Waals surface area contributed by atoms with Gasteiger partial charge in [0.2, 0.25) is 0 Å². The fourth-order valence-electron chi connectivity index (χ4n) is 4.51. The Morgan fingerprint density at radius 3 is 2.68 bits per heavy atom. The molecule has 2 aromatic heterocycles. The zero-order valence-corrected chi connectivity index (χ0v) is 20.6. The summed E-state index contributed by atoms with van der Waals surface area (Å²) >= 11 is 0. The van der Waals surface area contributed by atoms with Crippen LogP contribution in [0.2, 0.25) is 0 Å². The Hall–Kier alpha value is -3.60. The number of hydrogen-bond donors (Lipinski definition) is 2. The smallest absolute Gasteiger partial charge is 0.391 e. The Balaban J connectivity index is 1.76. The van der Waals surface area contributed by atoms with Crippen LogP contribution in [0.15, 0.2) is 42.6 Å². The van der Waals surface area contributed by atoms with Crippen molar-refractivity contribution in [2.24, 2.45) is 0 Å². The van der Waals surface area contributed by atoms with Gasteiger partial charge < -0.3 is 24.7 Å². The normalized spacial score (nSPS) is 16.5. The molecule has 4 rings (SSSR count). The van der Waals surface area contributed by atoms with Crippen LogP contribution < -0.4 is 10.6 Å². The second-order valence-electron chi connectivity index (χ2n) is 9.05. The van der Waals surface area contributed by atoms with Gasteiger partial charge in [0.25, 0.3) is 5.91 Å². The molecule has 1 fully saturated rings. The summed E-state index contributed by atoms with van der Waals surface area (Å²) in [6.45, 7) is 2.24. The molecule has 0 saturated carbocycles. The lowest BCUT2D eigenvalue weighted by molar-refractivity contribution is -0.136. The molecular weight excluding hydrogens is 489 g/mol.